The third-order valence-corrected chi connectivity index (χ3v) is 4.27. The molecule has 0 spiro atoms. The van der Waals surface area contributed by atoms with E-state index in [-0.39, 0.29) is 12.1 Å². The van der Waals surface area contributed by atoms with Crippen molar-refractivity contribution in [3.05, 3.63) is 12.4 Å². The minimum Gasteiger partial charge on any atom is -0.379 e. The Bertz CT molecular complexity index is 451. The maximum atomic E-state index is 5.48. The predicted octanol–water partition coefficient (Wildman–Crippen LogP) is 1.68. The summed E-state index contributed by atoms with van der Waals surface area (Å²) >= 11 is 0. The lowest BCUT2D eigenvalue weighted by Gasteiger charge is -2.32. The van der Waals surface area contributed by atoms with Crippen LogP contribution in [0.25, 0.3) is 0 Å². The molecule has 0 aromatic carbocycles. The molecule has 3 rings (SSSR count). The first-order valence-electron chi connectivity index (χ1n) is 7.81. The van der Waals surface area contributed by atoms with Gasteiger partial charge in [-0.2, -0.15) is 0 Å². The lowest BCUT2D eigenvalue weighted by Crippen LogP contribution is -2.43. The molecule has 2 aliphatic heterocycles. The topological polar surface area (TPSA) is 59.5 Å². The molecule has 6 heteroatoms. The van der Waals surface area contributed by atoms with Gasteiger partial charge in [-0.1, -0.05) is 0 Å². The van der Waals surface area contributed by atoms with Gasteiger partial charge in [0.2, 0.25) is 0 Å². The van der Waals surface area contributed by atoms with Crippen LogP contribution in [0, 0.1) is 0 Å². The molecule has 0 amide bonds. The zero-order valence-corrected chi connectivity index (χ0v) is 12.6. The zero-order chi connectivity index (χ0) is 14.5. The van der Waals surface area contributed by atoms with Crippen LogP contribution in [0.2, 0.25) is 0 Å². The van der Waals surface area contributed by atoms with Crippen LogP contribution >= 0.6 is 0 Å². The number of ether oxygens (including phenoxy) is 2. The van der Waals surface area contributed by atoms with E-state index in [1.54, 1.807) is 13.4 Å². The number of nitrogens with one attached hydrogen (secondary N) is 1. The average Bonchev–Trinajstić information content (AvgIpc) is 2.56. The summed E-state index contributed by atoms with van der Waals surface area (Å²) in [6, 6.07) is 2.29. The van der Waals surface area contributed by atoms with Crippen molar-refractivity contribution < 1.29 is 9.47 Å². The van der Waals surface area contributed by atoms with Crippen molar-refractivity contribution in [3.8, 4) is 0 Å². The largest absolute Gasteiger partial charge is 0.379 e. The van der Waals surface area contributed by atoms with E-state index in [0.29, 0.717) is 6.61 Å². The second-order valence-corrected chi connectivity index (χ2v) is 5.70. The molecule has 6 nitrogen and oxygen atoms in total. The summed E-state index contributed by atoms with van der Waals surface area (Å²) in [4.78, 5) is 11.1. The van der Waals surface area contributed by atoms with Crippen molar-refractivity contribution in [2.45, 2.75) is 37.8 Å². The highest BCUT2D eigenvalue weighted by Crippen LogP contribution is 2.21. The summed E-state index contributed by atoms with van der Waals surface area (Å²) < 4.78 is 10.9. The van der Waals surface area contributed by atoms with Gasteiger partial charge in [0.1, 0.15) is 24.1 Å². The lowest BCUT2D eigenvalue weighted by molar-refractivity contribution is -0.0367. The fourth-order valence-corrected chi connectivity index (χ4v) is 3.02. The molecule has 116 valence electrons. The Hall–Kier alpha value is -1.40. The van der Waals surface area contributed by atoms with Gasteiger partial charge in [-0.05, 0) is 25.7 Å². The molecule has 2 fully saturated rings. The minimum absolute atomic E-state index is 0.0761. The second kappa shape index (κ2) is 7.04. The Balaban J connectivity index is 1.67. The molecule has 2 atom stereocenters. The summed E-state index contributed by atoms with van der Waals surface area (Å²) in [6.07, 6.45) is 6.48. The molecule has 1 aromatic rings. The van der Waals surface area contributed by atoms with E-state index >= 15 is 0 Å². The van der Waals surface area contributed by atoms with Gasteiger partial charge in [-0.3, -0.25) is 0 Å². The molecular weight excluding hydrogens is 268 g/mol. The number of anilines is 2. The number of rotatable bonds is 4. The van der Waals surface area contributed by atoms with Crippen molar-refractivity contribution in [3.63, 3.8) is 0 Å². The molecule has 0 bridgehead atoms. The van der Waals surface area contributed by atoms with Gasteiger partial charge in [-0.25, -0.2) is 9.97 Å². The van der Waals surface area contributed by atoms with Gasteiger partial charge in [-0.15, -0.1) is 0 Å². The van der Waals surface area contributed by atoms with Gasteiger partial charge in [0.25, 0.3) is 0 Å². The van der Waals surface area contributed by atoms with E-state index in [1.807, 2.05) is 6.07 Å². The van der Waals surface area contributed by atoms with E-state index in [2.05, 4.69) is 20.2 Å². The summed E-state index contributed by atoms with van der Waals surface area (Å²) in [5.74, 6) is 1.90. The standard InChI is InChI=1S/C15H24N4O2/c1-20-13-10-21-8-5-12(13)18-14-9-15(17-11-16-14)19-6-3-2-4-7-19/h9,11-13H,2-8,10H2,1H3,(H,16,17,18)/t12-,13-/m0/s1. The monoisotopic (exact) mass is 292 g/mol. The molecule has 0 radical (unpaired) electrons. The number of piperidine rings is 1. The fourth-order valence-electron chi connectivity index (χ4n) is 3.02. The van der Waals surface area contributed by atoms with E-state index in [0.717, 1.165) is 37.8 Å². The molecule has 2 aliphatic rings. The second-order valence-electron chi connectivity index (χ2n) is 5.70. The average molecular weight is 292 g/mol. The third kappa shape index (κ3) is 3.63. The van der Waals surface area contributed by atoms with Crippen LogP contribution in [0.15, 0.2) is 12.4 Å². The summed E-state index contributed by atoms with van der Waals surface area (Å²) in [7, 11) is 1.73. The van der Waals surface area contributed by atoms with Crippen LogP contribution in [-0.4, -0.2) is 55.5 Å². The van der Waals surface area contributed by atoms with E-state index in [9.17, 15) is 0 Å². The molecule has 0 aliphatic carbocycles. The molecule has 1 N–H and O–H groups in total. The zero-order valence-electron chi connectivity index (χ0n) is 12.6. The predicted molar refractivity (Wildman–Crippen MR) is 81.7 cm³/mol. The number of hydrogen-bond donors (Lipinski definition) is 1. The minimum atomic E-state index is 0.0761. The van der Waals surface area contributed by atoms with Crippen molar-refractivity contribution >= 4 is 11.6 Å². The Morgan fingerprint density at radius 2 is 2.14 bits per heavy atom. The van der Waals surface area contributed by atoms with Crippen molar-refractivity contribution in [1.29, 1.82) is 0 Å². The quantitative estimate of drug-likeness (QED) is 0.911. The molecule has 2 saturated heterocycles. The van der Waals surface area contributed by atoms with Crippen LogP contribution < -0.4 is 10.2 Å². The van der Waals surface area contributed by atoms with E-state index < -0.39 is 0 Å². The molecule has 0 saturated carbocycles. The number of hydrogen-bond acceptors (Lipinski definition) is 6. The van der Waals surface area contributed by atoms with Gasteiger partial charge < -0.3 is 19.7 Å². The van der Waals surface area contributed by atoms with Gasteiger partial charge in [0.15, 0.2) is 0 Å². The molecular formula is C15H24N4O2. The Kier molecular flexibility index (Phi) is 4.87. The van der Waals surface area contributed by atoms with Crippen LogP contribution in [-0.2, 0) is 9.47 Å². The highest BCUT2D eigenvalue weighted by atomic mass is 16.5. The highest BCUT2D eigenvalue weighted by Gasteiger charge is 2.26. The van der Waals surface area contributed by atoms with Crippen LogP contribution in [0.4, 0.5) is 11.6 Å². The van der Waals surface area contributed by atoms with E-state index in [1.165, 1.54) is 19.3 Å². The Labute approximate surface area is 125 Å². The van der Waals surface area contributed by atoms with Gasteiger partial charge in [0.05, 0.1) is 12.6 Å². The number of nitrogens with zero attached hydrogens (tertiary/aromatic N) is 3. The molecule has 3 heterocycles. The summed E-state index contributed by atoms with van der Waals surface area (Å²) in [5.41, 5.74) is 0. The van der Waals surface area contributed by atoms with Crippen molar-refractivity contribution in [1.82, 2.24) is 9.97 Å². The smallest absolute Gasteiger partial charge is 0.134 e. The van der Waals surface area contributed by atoms with Gasteiger partial charge >= 0.3 is 0 Å². The van der Waals surface area contributed by atoms with Crippen molar-refractivity contribution in [2.75, 3.05) is 43.6 Å². The number of aromatic nitrogens is 2. The third-order valence-electron chi connectivity index (χ3n) is 4.27. The Morgan fingerprint density at radius 1 is 1.29 bits per heavy atom. The lowest BCUT2D eigenvalue weighted by atomic mass is 10.1. The summed E-state index contributed by atoms with van der Waals surface area (Å²) in [6.45, 7) is 3.59. The van der Waals surface area contributed by atoms with Crippen LogP contribution in [0.3, 0.4) is 0 Å². The van der Waals surface area contributed by atoms with Crippen molar-refractivity contribution in [2.24, 2.45) is 0 Å². The Morgan fingerprint density at radius 3 is 2.95 bits per heavy atom. The maximum absolute atomic E-state index is 5.48. The first kappa shape index (κ1) is 14.5. The first-order valence-corrected chi connectivity index (χ1v) is 7.81. The van der Waals surface area contributed by atoms with Crippen LogP contribution in [0.5, 0.6) is 0 Å². The molecule has 21 heavy (non-hydrogen) atoms. The first-order chi connectivity index (χ1) is 10.4. The fraction of sp³-hybridized carbons (Fsp3) is 0.733. The van der Waals surface area contributed by atoms with Crippen LogP contribution in [0.1, 0.15) is 25.7 Å². The highest BCUT2D eigenvalue weighted by molar-refractivity contribution is 5.49. The normalized spacial score (nSPS) is 26.6. The SMILES string of the molecule is CO[C@H]1COCC[C@@H]1Nc1cc(N2CCCCC2)ncn1. The van der Waals surface area contributed by atoms with Gasteiger partial charge in [0, 0.05) is 32.9 Å². The van der Waals surface area contributed by atoms with E-state index in [4.69, 9.17) is 9.47 Å². The number of methoxy groups -OCH3 is 1. The maximum Gasteiger partial charge on any atom is 0.134 e. The molecule has 1 aromatic heterocycles. The summed E-state index contributed by atoms with van der Waals surface area (Å²) in [5, 5.41) is 3.48. The molecule has 0 unspecified atom stereocenters.